The van der Waals surface area contributed by atoms with Gasteiger partial charge in [-0.25, -0.2) is 4.79 Å². The Kier molecular flexibility index (Phi) is 4.90. The van der Waals surface area contributed by atoms with Crippen molar-refractivity contribution in [1.29, 1.82) is 0 Å². The molecule has 122 valence electrons. The minimum absolute atomic E-state index is 0.0992. The number of rotatable bonds is 4. The number of hydrogen-bond acceptors (Lipinski definition) is 3. The highest BCUT2D eigenvalue weighted by Gasteiger charge is 2.16. The van der Waals surface area contributed by atoms with Crippen LogP contribution in [0.1, 0.15) is 37.7 Å². The van der Waals surface area contributed by atoms with Gasteiger partial charge in [0.1, 0.15) is 0 Å². The summed E-state index contributed by atoms with van der Waals surface area (Å²) in [5.74, 6) is 0. The Morgan fingerprint density at radius 1 is 1.35 bits per heavy atom. The van der Waals surface area contributed by atoms with Crippen LogP contribution in [0, 0.1) is 0 Å². The number of nitrogens with one attached hydrogen (secondary N) is 2. The molecule has 3 rings (SSSR count). The molecule has 0 radical (unpaired) electrons. The summed E-state index contributed by atoms with van der Waals surface area (Å²) in [6.45, 7) is 0.455. The van der Waals surface area contributed by atoms with Crippen molar-refractivity contribution in [3.8, 4) is 11.3 Å². The molecule has 1 aliphatic carbocycles. The lowest BCUT2D eigenvalue weighted by Crippen LogP contribution is -2.42. The summed E-state index contributed by atoms with van der Waals surface area (Å²) in [7, 11) is 1.88. The summed E-state index contributed by atoms with van der Waals surface area (Å²) in [6.07, 6.45) is 11.3. The topological polar surface area (TPSA) is 71.8 Å². The van der Waals surface area contributed by atoms with Gasteiger partial charge in [0, 0.05) is 37.6 Å². The number of pyridine rings is 1. The maximum Gasteiger partial charge on any atom is 0.315 e. The maximum atomic E-state index is 12.1. The Morgan fingerprint density at radius 2 is 2.17 bits per heavy atom. The molecule has 1 saturated carbocycles. The zero-order valence-corrected chi connectivity index (χ0v) is 13.5. The van der Waals surface area contributed by atoms with E-state index in [2.05, 4.69) is 20.7 Å². The van der Waals surface area contributed by atoms with Crippen LogP contribution >= 0.6 is 0 Å². The van der Waals surface area contributed by atoms with E-state index in [9.17, 15) is 4.79 Å². The Morgan fingerprint density at radius 3 is 2.91 bits per heavy atom. The highest BCUT2D eigenvalue weighted by molar-refractivity contribution is 5.74. The van der Waals surface area contributed by atoms with E-state index < -0.39 is 0 Å². The second-order valence-corrected chi connectivity index (χ2v) is 6.08. The molecule has 1 fully saturated rings. The van der Waals surface area contributed by atoms with Gasteiger partial charge in [-0.3, -0.25) is 9.67 Å². The molecule has 6 heteroatoms. The van der Waals surface area contributed by atoms with E-state index in [1.165, 1.54) is 19.3 Å². The van der Waals surface area contributed by atoms with E-state index in [1.807, 2.05) is 25.4 Å². The summed E-state index contributed by atoms with van der Waals surface area (Å²) in [4.78, 5) is 16.5. The lowest BCUT2D eigenvalue weighted by atomic mass is 9.96. The molecule has 2 N–H and O–H groups in total. The maximum absolute atomic E-state index is 12.1. The van der Waals surface area contributed by atoms with Crippen LogP contribution in [-0.4, -0.2) is 26.8 Å². The number of carbonyl (C=O) groups excluding carboxylic acids is 1. The molecule has 2 heterocycles. The van der Waals surface area contributed by atoms with Crippen molar-refractivity contribution >= 4 is 6.03 Å². The number of urea groups is 1. The number of amides is 2. The SMILES string of the molecule is Cn1cc(-c2ncccc2CNC(=O)NC2CCCCC2)cn1. The van der Waals surface area contributed by atoms with Gasteiger partial charge in [-0.05, 0) is 24.5 Å². The first-order valence-corrected chi connectivity index (χ1v) is 8.19. The van der Waals surface area contributed by atoms with Crippen LogP contribution < -0.4 is 10.6 Å². The van der Waals surface area contributed by atoms with Crippen molar-refractivity contribution in [3.63, 3.8) is 0 Å². The summed E-state index contributed by atoms with van der Waals surface area (Å²) in [5, 5.41) is 10.2. The molecule has 0 saturated heterocycles. The van der Waals surface area contributed by atoms with Gasteiger partial charge in [0.05, 0.1) is 11.9 Å². The van der Waals surface area contributed by atoms with Crippen LogP contribution in [0.2, 0.25) is 0 Å². The van der Waals surface area contributed by atoms with Crippen molar-refractivity contribution in [2.45, 2.75) is 44.7 Å². The Labute approximate surface area is 136 Å². The fraction of sp³-hybridized carbons (Fsp3) is 0.471. The molecule has 0 atom stereocenters. The van der Waals surface area contributed by atoms with Crippen molar-refractivity contribution in [3.05, 3.63) is 36.3 Å². The van der Waals surface area contributed by atoms with Crippen molar-refractivity contribution in [2.75, 3.05) is 0 Å². The second kappa shape index (κ2) is 7.26. The van der Waals surface area contributed by atoms with Gasteiger partial charge in [-0.15, -0.1) is 0 Å². The zero-order chi connectivity index (χ0) is 16.1. The van der Waals surface area contributed by atoms with Crippen molar-refractivity contribution in [1.82, 2.24) is 25.4 Å². The van der Waals surface area contributed by atoms with Crippen LogP contribution in [0.4, 0.5) is 4.79 Å². The zero-order valence-electron chi connectivity index (χ0n) is 13.5. The van der Waals surface area contributed by atoms with Crippen LogP contribution in [0.5, 0.6) is 0 Å². The van der Waals surface area contributed by atoms with Crippen LogP contribution in [0.15, 0.2) is 30.7 Å². The molecule has 2 aromatic rings. The van der Waals surface area contributed by atoms with E-state index in [4.69, 9.17) is 0 Å². The Balaban J connectivity index is 1.60. The highest BCUT2D eigenvalue weighted by atomic mass is 16.2. The monoisotopic (exact) mass is 313 g/mol. The molecular formula is C17H23N5O. The average Bonchev–Trinajstić information content (AvgIpc) is 3.00. The third-order valence-electron chi connectivity index (χ3n) is 4.25. The molecule has 1 aliphatic rings. The van der Waals surface area contributed by atoms with Crippen molar-refractivity contribution in [2.24, 2.45) is 7.05 Å². The lowest BCUT2D eigenvalue weighted by molar-refractivity contribution is 0.232. The lowest BCUT2D eigenvalue weighted by Gasteiger charge is -2.23. The summed E-state index contributed by atoms with van der Waals surface area (Å²) in [6, 6.07) is 4.08. The first-order valence-electron chi connectivity index (χ1n) is 8.19. The smallest absolute Gasteiger partial charge is 0.315 e. The number of aryl methyl sites for hydroxylation is 1. The van der Waals surface area contributed by atoms with E-state index in [-0.39, 0.29) is 6.03 Å². The van der Waals surface area contributed by atoms with Gasteiger partial charge in [0.15, 0.2) is 0 Å². The molecule has 23 heavy (non-hydrogen) atoms. The molecule has 2 aromatic heterocycles. The Hall–Kier alpha value is -2.37. The minimum atomic E-state index is -0.0992. The summed E-state index contributed by atoms with van der Waals surface area (Å²) < 4.78 is 1.75. The van der Waals surface area contributed by atoms with Gasteiger partial charge in [0.25, 0.3) is 0 Å². The molecule has 0 unspecified atom stereocenters. The third kappa shape index (κ3) is 4.09. The average molecular weight is 313 g/mol. The molecular weight excluding hydrogens is 290 g/mol. The van der Waals surface area contributed by atoms with Gasteiger partial charge >= 0.3 is 6.03 Å². The fourth-order valence-electron chi connectivity index (χ4n) is 3.04. The fourth-order valence-corrected chi connectivity index (χ4v) is 3.04. The first kappa shape index (κ1) is 15.5. The molecule has 0 bridgehead atoms. The standard InChI is InChI=1S/C17H23N5O/c1-22-12-14(11-20-22)16-13(6-5-9-18-16)10-19-17(23)21-15-7-3-2-4-8-15/h5-6,9,11-12,15H,2-4,7-8,10H2,1H3,(H2,19,21,23). The highest BCUT2D eigenvalue weighted by Crippen LogP contribution is 2.20. The van der Waals surface area contributed by atoms with E-state index in [0.29, 0.717) is 12.6 Å². The minimum Gasteiger partial charge on any atom is -0.335 e. The summed E-state index contributed by atoms with van der Waals surface area (Å²) >= 11 is 0. The molecule has 6 nitrogen and oxygen atoms in total. The van der Waals surface area contributed by atoms with Crippen LogP contribution in [0.3, 0.4) is 0 Å². The largest absolute Gasteiger partial charge is 0.335 e. The Bertz CT molecular complexity index is 661. The van der Waals surface area contributed by atoms with Gasteiger partial charge in [-0.1, -0.05) is 25.3 Å². The number of hydrogen-bond donors (Lipinski definition) is 2. The molecule has 0 aromatic carbocycles. The van der Waals surface area contributed by atoms with E-state index in [0.717, 1.165) is 29.7 Å². The van der Waals surface area contributed by atoms with Gasteiger partial charge in [0.2, 0.25) is 0 Å². The summed E-state index contributed by atoms with van der Waals surface area (Å²) in [5.41, 5.74) is 2.80. The van der Waals surface area contributed by atoms with E-state index >= 15 is 0 Å². The van der Waals surface area contributed by atoms with Gasteiger partial charge in [-0.2, -0.15) is 5.10 Å². The molecule has 2 amide bonds. The molecule has 0 aliphatic heterocycles. The van der Waals surface area contributed by atoms with E-state index in [1.54, 1.807) is 17.1 Å². The van der Waals surface area contributed by atoms with Gasteiger partial charge < -0.3 is 10.6 Å². The van der Waals surface area contributed by atoms with Crippen LogP contribution in [0.25, 0.3) is 11.3 Å². The quantitative estimate of drug-likeness (QED) is 0.911. The third-order valence-corrected chi connectivity index (χ3v) is 4.25. The molecule has 0 spiro atoms. The predicted octanol–water partition coefficient (Wildman–Crippen LogP) is 2.61. The normalized spacial score (nSPS) is 15.3. The number of nitrogens with zero attached hydrogens (tertiary/aromatic N) is 3. The number of aromatic nitrogens is 3. The second-order valence-electron chi connectivity index (χ2n) is 6.08. The van der Waals surface area contributed by atoms with Crippen molar-refractivity contribution < 1.29 is 4.79 Å². The first-order chi connectivity index (χ1) is 11.2. The van der Waals surface area contributed by atoms with Crippen LogP contribution in [-0.2, 0) is 13.6 Å². The number of carbonyl (C=O) groups is 1. The predicted molar refractivity (Wildman–Crippen MR) is 88.7 cm³/mol.